The number of methoxy groups -OCH3 is 2. The number of hydrogen-bond acceptors (Lipinski definition) is 6. The van der Waals surface area contributed by atoms with E-state index in [1.165, 1.54) is 12.3 Å². The molecule has 8 nitrogen and oxygen atoms in total. The Morgan fingerprint density at radius 2 is 1.94 bits per heavy atom. The van der Waals surface area contributed by atoms with E-state index < -0.39 is 0 Å². The average Bonchev–Trinajstić information content (AvgIpc) is 3.37. The summed E-state index contributed by atoms with van der Waals surface area (Å²) in [5, 5.41) is 0.725. The number of rotatable bonds is 6. The van der Waals surface area contributed by atoms with Crippen LogP contribution in [0.25, 0.3) is 33.5 Å². The summed E-state index contributed by atoms with van der Waals surface area (Å²) >= 11 is 0. The minimum atomic E-state index is -0.359. The molecule has 0 aliphatic carbocycles. The fourth-order valence-electron chi connectivity index (χ4n) is 4.09. The van der Waals surface area contributed by atoms with Crippen LogP contribution in [-0.2, 0) is 11.3 Å². The lowest BCUT2D eigenvalue weighted by atomic mass is 10.2. The summed E-state index contributed by atoms with van der Waals surface area (Å²) in [6, 6.07) is 7.36. The molecule has 5 heterocycles. The van der Waals surface area contributed by atoms with E-state index >= 15 is 0 Å². The van der Waals surface area contributed by atoms with E-state index in [1.54, 1.807) is 14.2 Å². The molecule has 0 spiro atoms. The van der Waals surface area contributed by atoms with E-state index in [0.29, 0.717) is 17.3 Å². The van der Waals surface area contributed by atoms with Crippen LogP contribution < -0.4 is 9.47 Å². The molecule has 31 heavy (non-hydrogen) atoms. The number of aromatic nitrogens is 4. The fourth-order valence-corrected chi connectivity index (χ4v) is 4.09. The maximum atomic E-state index is 13.7. The number of morpholine rings is 1. The van der Waals surface area contributed by atoms with Crippen LogP contribution in [0, 0.1) is 5.82 Å². The van der Waals surface area contributed by atoms with Crippen LogP contribution in [0.15, 0.2) is 30.5 Å². The van der Waals surface area contributed by atoms with Crippen molar-refractivity contribution in [1.82, 2.24) is 24.4 Å². The van der Waals surface area contributed by atoms with Crippen LogP contribution >= 0.6 is 0 Å². The second-order valence-electron chi connectivity index (χ2n) is 7.51. The maximum Gasteiger partial charge on any atom is 0.257 e. The highest BCUT2D eigenvalue weighted by atomic mass is 19.1. The highest BCUT2D eigenvalue weighted by Gasteiger charge is 2.19. The molecule has 0 atom stereocenters. The molecule has 5 rings (SSSR count). The highest BCUT2D eigenvalue weighted by molar-refractivity contribution is 5.88. The van der Waals surface area contributed by atoms with E-state index in [4.69, 9.17) is 14.2 Å². The van der Waals surface area contributed by atoms with Crippen molar-refractivity contribution in [2.75, 3.05) is 47.1 Å². The molecular formula is C22H24FN5O3. The molecule has 1 aliphatic rings. The normalized spacial score (nSPS) is 15.1. The number of nitrogens with zero attached hydrogens (tertiary/aromatic N) is 4. The number of pyridine rings is 2. The number of ether oxygens (including phenoxy) is 3. The highest BCUT2D eigenvalue weighted by Crippen LogP contribution is 2.34. The van der Waals surface area contributed by atoms with Crippen molar-refractivity contribution in [3.63, 3.8) is 0 Å². The molecule has 1 N–H and O–H groups in total. The molecule has 0 saturated carbocycles. The van der Waals surface area contributed by atoms with Crippen molar-refractivity contribution in [2.45, 2.75) is 6.54 Å². The zero-order chi connectivity index (χ0) is 21.4. The summed E-state index contributed by atoms with van der Waals surface area (Å²) in [5.41, 5.74) is 4.19. The molecule has 1 fully saturated rings. The number of fused-ring (bicyclic) bond motifs is 2. The van der Waals surface area contributed by atoms with Gasteiger partial charge < -0.3 is 23.8 Å². The van der Waals surface area contributed by atoms with Crippen molar-refractivity contribution in [1.29, 1.82) is 0 Å². The van der Waals surface area contributed by atoms with Crippen LogP contribution in [-0.4, -0.2) is 71.5 Å². The van der Waals surface area contributed by atoms with Gasteiger partial charge in [-0.2, -0.15) is 0 Å². The molecule has 0 radical (unpaired) electrons. The largest absolute Gasteiger partial charge is 0.491 e. The third-order valence-electron chi connectivity index (χ3n) is 5.69. The Labute approximate surface area is 178 Å². The van der Waals surface area contributed by atoms with Gasteiger partial charge in [-0.15, -0.1) is 0 Å². The molecular weight excluding hydrogens is 401 g/mol. The van der Waals surface area contributed by atoms with Crippen LogP contribution in [0.5, 0.6) is 11.6 Å². The van der Waals surface area contributed by atoms with Crippen molar-refractivity contribution >= 4 is 22.1 Å². The molecule has 0 aromatic carbocycles. The number of aromatic amines is 1. The molecule has 0 amide bonds. The summed E-state index contributed by atoms with van der Waals surface area (Å²) in [4.78, 5) is 14.5. The smallest absolute Gasteiger partial charge is 0.257 e. The van der Waals surface area contributed by atoms with Crippen LogP contribution in [0.2, 0.25) is 0 Å². The topological polar surface area (TPSA) is 77.4 Å². The minimum absolute atomic E-state index is 0.359. The molecule has 4 aromatic rings. The first-order chi connectivity index (χ1) is 15.2. The van der Waals surface area contributed by atoms with E-state index in [2.05, 4.69) is 24.4 Å². The summed E-state index contributed by atoms with van der Waals surface area (Å²) in [7, 11) is 3.18. The molecule has 162 valence electrons. The summed E-state index contributed by atoms with van der Waals surface area (Å²) in [5.74, 6) is 0.655. The Morgan fingerprint density at radius 3 is 2.71 bits per heavy atom. The van der Waals surface area contributed by atoms with Gasteiger partial charge in [0.2, 0.25) is 0 Å². The van der Waals surface area contributed by atoms with Crippen LogP contribution in [0.3, 0.4) is 0 Å². The number of halogens is 1. The Bertz CT molecular complexity index is 1230. The molecule has 9 heteroatoms. The van der Waals surface area contributed by atoms with Gasteiger partial charge in [0.15, 0.2) is 5.75 Å². The van der Waals surface area contributed by atoms with Crippen LogP contribution in [0.1, 0.15) is 0 Å². The SMILES string of the molecule is COc1cc2c(cc(-c3cc4cc(F)cnc4[nH]3)n2CCN2CCOCC2)nc1OC. The van der Waals surface area contributed by atoms with Gasteiger partial charge in [0, 0.05) is 37.6 Å². The Balaban J connectivity index is 1.61. The summed E-state index contributed by atoms with van der Waals surface area (Å²) in [6.45, 7) is 4.98. The minimum Gasteiger partial charge on any atom is -0.491 e. The van der Waals surface area contributed by atoms with E-state index in [0.717, 1.165) is 67.2 Å². The third-order valence-corrected chi connectivity index (χ3v) is 5.69. The molecule has 1 saturated heterocycles. The van der Waals surface area contributed by atoms with Gasteiger partial charge in [-0.05, 0) is 18.2 Å². The fraction of sp³-hybridized carbons (Fsp3) is 0.364. The molecule has 1 aliphatic heterocycles. The monoisotopic (exact) mass is 425 g/mol. The second kappa shape index (κ2) is 8.16. The first-order valence-corrected chi connectivity index (χ1v) is 10.2. The number of H-pyrrole nitrogens is 1. The Morgan fingerprint density at radius 1 is 1.10 bits per heavy atom. The van der Waals surface area contributed by atoms with Gasteiger partial charge in [0.05, 0.1) is 56.1 Å². The van der Waals surface area contributed by atoms with Gasteiger partial charge in [-0.25, -0.2) is 14.4 Å². The zero-order valence-electron chi connectivity index (χ0n) is 17.5. The van der Waals surface area contributed by atoms with Crippen molar-refractivity contribution in [2.24, 2.45) is 0 Å². The first kappa shape index (κ1) is 19.8. The van der Waals surface area contributed by atoms with E-state index in [-0.39, 0.29) is 5.82 Å². The first-order valence-electron chi connectivity index (χ1n) is 10.2. The predicted molar refractivity (Wildman–Crippen MR) is 115 cm³/mol. The summed E-state index contributed by atoms with van der Waals surface area (Å²) < 4.78 is 32.2. The predicted octanol–water partition coefficient (Wildman–Crippen LogP) is 3.07. The average molecular weight is 425 g/mol. The van der Waals surface area contributed by atoms with Crippen molar-refractivity contribution in [3.05, 3.63) is 36.3 Å². The van der Waals surface area contributed by atoms with Crippen molar-refractivity contribution in [3.8, 4) is 23.0 Å². The van der Waals surface area contributed by atoms with Gasteiger partial charge in [-0.1, -0.05) is 0 Å². The number of nitrogens with one attached hydrogen (secondary N) is 1. The standard InChI is InChI=1S/C22H24FN5O3/c1-29-20-12-19-17(26-22(20)30-2)11-18(28(19)4-3-27-5-7-31-8-6-27)16-10-14-9-15(23)13-24-21(14)25-16/h9-13H,3-8H2,1-2H3,(H,24,25). The lowest BCUT2D eigenvalue weighted by Crippen LogP contribution is -2.38. The van der Waals surface area contributed by atoms with Crippen molar-refractivity contribution < 1.29 is 18.6 Å². The van der Waals surface area contributed by atoms with Gasteiger partial charge >= 0.3 is 0 Å². The van der Waals surface area contributed by atoms with Crippen LogP contribution in [0.4, 0.5) is 4.39 Å². The Kier molecular flexibility index (Phi) is 5.21. The molecule has 0 unspecified atom stereocenters. The van der Waals surface area contributed by atoms with Gasteiger partial charge in [-0.3, -0.25) is 4.90 Å². The zero-order valence-corrected chi connectivity index (χ0v) is 17.5. The van der Waals surface area contributed by atoms with Gasteiger partial charge in [0.1, 0.15) is 11.5 Å². The third kappa shape index (κ3) is 3.70. The quantitative estimate of drug-likeness (QED) is 0.512. The number of hydrogen-bond donors (Lipinski definition) is 1. The van der Waals surface area contributed by atoms with Gasteiger partial charge in [0.25, 0.3) is 5.88 Å². The van der Waals surface area contributed by atoms with E-state index in [9.17, 15) is 4.39 Å². The molecule has 4 aromatic heterocycles. The summed E-state index contributed by atoms with van der Waals surface area (Å²) in [6.07, 6.45) is 1.22. The maximum absolute atomic E-state index is 13.7. The lowest BCUT2D eigenvalue weighted by molar-refractivity contribution is 0.0366. The second-order valence-corrected chi connectivity index (χ2v) is 7.51. The lowest BCUT2D eigenvalue weighted by Gasteiger charge is -2.27. The Hall–Kier alpha value is -3.17. The van der Waals surface area contributed by atoms with E-state index in [1.807, 2.05) is 18.2 Å². The molecule has 0 bridgehead atoms.